The van der Waals surface area contributed by atoms with E-state index < -0.39 is 0 Å². The van der Waals surface area contributed by atoms with E-state index in [2.05, 4.69) is 19.2 Å². The highest BCUT2D eigenvalue weighted by Crippen LogP contribution is 2.27. The fraction of sp³-hybridized carbons (Fsp3) is 0.917. The lowest BCUT2D eigenvalue weighted by atomic mass is 9.98. The molecular weight excluding hydrogens is 174 g/mol. The Hall–Kier alpha value is -0.530. The van der Waals surface area contributed by atoms with Crippen molar-refractivity contribution in [3.8, 4) is 0 Å². The Labute approximate surface area is 87.5 Å². The van der Waals surface area contributed by atoms with E-state index in [1.807, 2.05) is 0 Å². The van der Waals surface area contributed by atoms with Crippen molar-refractivity contribution in [3.63, 3.8) is 0 Å². The zero-order valence-corrected chi connectivity index (χ0v) is 9.51. The normalized spacial score (nSPS) is 17.9. The van der Waals surface area contributed by atoms with Gasteiger partial charge in [-0.05, 0) is 31.6 Å². The Morgan fingerprint density at radius 2 is 2.14 bits per heavy atom. The van der Waals surface area contributed by atoms with Gasteiger partial charge in [0, 0.05) is 12.5 Å². The number of amides is 1. The highest BCUT2D eigenvalue weighted by molar-refractivity contribution is 5.78. The molecule has 0 aromatic heterocycles. The standard InChI is InChI=1S/C12H23NO/c1-3-5-6-11(4-2)12(14)13-9-10-7-8-10/h10-11H,3-9H2,1-2H3,(H,13,14). The number of rotatable bonds is 7. The van der Waals surface area contributed by atoms with Crippen LogP contribution < -0.4 is 5.32 Å². The summed E-state index contributed by atoms with van der Waals surface area (Å²) in [7, 11) is 0. The van der Waals surface area contributed by atoms with Gasteiger partial charge in [0.1, 0.15) is 0 Å². The molecule has 1 N–H and O–H groups in total. The van der Waals surface area contributed by atoms with E-state index in [4.69, 9.17) is 0 Å². The second kappa shape index (κ2) is 6.05. The highest BCUT2D eigenvalue weighted by atomic mass is 16.1. The van der Waals surface area contributed by atoms with Gasteiger partial charge >= 0.3 is 0 Å². The summed E-state index contributed by atoms with van der Waals surface area (Å²) in [6, 6.07) is 0. The number of unbranched alkanes of at least 4 members (excludes halogenated alkanes) is 1. The number of hydrogen-bond acceptors (Lipinski definition) is 1. The van der Waals surface area contributed by atoms with E-state index >= 15 is 0 Å². The fourth-order valence-corrected chi connectivity index (χ4v) is 1.68. The van der Waals surface area contributed by atoms with Crippen LogP contribution in [0.5, 0.6) is 0 Å². The smallest absolute Gasteiger partial charge is 0.223 e. The molecule has 0 aromatic rings. The second-order valence-electron chi connectivity index (χ2n) is 4.44. The average Bonchev–Trinajstić information content (AvgIpc) is 2.99. The summed E-state index contributed by atoms with van der Waals surface area (Å²) in [4.78, 5) is 11.7. The first-order chi connectivity index (χ1) is 6.77. The topological polar surface area (TPSA) is 29.1 Å². The second-order valence-corrected chi connectivity index (χ2v) is 4.44. The molecule has 1 amide bonds. The summed E-state index contributed by atoms with van der Waals surface area (Å²) >= 11 is 0. The molecule has 1 unspecified atom stereocenters. The summed E-state index contributed by atoms with van der Waals surface area (Å²) in [6.07, 6.45) is 7.03. The van der Waals surface area contributed by atoms with Crippen LogP contribution in [0.1, 0.15) is 52.4 Å². The Morgan fingerprint density at radius 1 is 1.43 bits per heavy atom. The minimum atomic E-state index is 0.258. The van der Waals surface area contributed by atoms with Gasteiger partial charge in [0.2, 0.25) is 5.91 Å². The first kappa shape index (κ1) is 11.5. The zero-order chi connectivity index (χ0) is 10.4. The number of carbonyl (C=O) groups is 1. The van der Waals surface area contributed by atoms with Gasteiger partial charge < -0.3 is 5.32 Å². The van der Waals surface area contributed by atoms with Crippen molar-refractivity contribution in [2.75, 3.05) is 6.54 Å². The molecule has 1 fully saturated rings. The van der Waals surface area contributed by atoms with E-state index in [1.165, 1.54) is 25.7 Å². The quantitative estimate of drug-likeness (QED) is 0.668. The van der Waals surface area contributed by atoms with Gasteiger partial charge in [0.25, 0.3) is 0 Å². The minimum Gasteiger partial charge on any atom is -0.356 e. The predicted octanol–water partition coefficient (Wildman–Crippen LogP) is 2.73. The van der Waals surface area contributed by atoms with Gasteiger partial charge in [-0.3, -0.25) is 4.79 Å². The van der Waals surface area contributed by atoms with Crippen LogP contribution in [0.15, 0.2) is 0 Å². The third-order valence-corrected chi connectivity index (χ3v) is 3.03. The van der Waals surface area contributed by atoms with Gasteiger partial charge in [-0.2, -0.15) is 0 Å². The van der Waals surface area contributed by atoms with Crippen LogP contribution in [-0.2, 0) is 4.79 Å². The maximum atomic E-state index is 11.7. The van der Waals surface area contributed by atoms with E-state index in [-0.39, 0.29) is 11.8 Å². The van der Waals surface area contributed by atoms with Crippen molar-refractivity contribution >= 4 is 5.91 Å². The van der Waals surface area contributed by atoms with E-state index in [0.29, 0.717) is 0 Å². The number of hydrogen-bond donors (Lipinski definition) is 1. The Morgan fingerprint density at radius 3 is 2.64 bits per heavy atom. The van der Waals surface area contributed by atoms with Crippen molar-refractivity contribution in [3.05, 3.63) is 0 Å². The molecule has 0 aromatic carbocycles. The first-order valence-corrected chi connectivity index (χ1v) is 6.05. The van der Waals surface area contributed by atoms with Gasteiger partial charge in [-0.15, -0.1) is 0 Å². The monoisotopic (exact) mass is 197 g/mol. The van der Waals surface area contributed by atoms with Gasteiger partial charge in [-0.1, -0.05) is 26.7 Å². The molecule has 1 atom stereocenters. The third-order valence-electron chi connectivity index (χ3n) is 3.03. The molecule has 2 nitrogen and oxygen atoms in total. The minimum absolute atomic E-state index is 0.258. The molecule has 0 heterocycles. The van der Waals surface area contributed by atoms with Gasteiger partial charge in [0.05, 0.1) is 0 Å². The molecule has 0 saturated heterocycles. The van der Waals surface area contributed by atoms with Crippen LogP contribution >= 0.6 is 0 Å². The maximum Gasteiger partial charge on any atom is 0.223 e. The molecule has 1 saturated carbocycles. The molecule has 0 spiro atoms. The van der Waals surface area contributed by atoms with Crippen molar-refractivity contribution in [1.29, 1.82) is 0 Å². The van der Waals surface area contributed by atoms with Crippen LogP contribution in [0.4, 0.5) is 0 Å². The lowest BCUT2D eigenvalue weighted by molar-refractivity contribution is -0.125. The maximum absolute atomic E-state index is 11.7. The van der Waals surface area contributed by atoms with E-state index in [0.717, 1.165) is 25.3 Å². The molecular formula is C12H23NO. The van der Waals surface area contributed by atoms with Crippen molar-refractivity contribution in [2.45, 2.75) is 52.4 Å². The molecule has 82 valence electrons. The summed E-state index contributed by atoms with van der Waals surface area (Å²) in [5.41, 5.74) is 0. The molecule has 1 aliphatic rings. The van der Waals surface area contributed by atoms with Crippen LogP contribution in [0.2, 0.25) is 0 Å². The molecule has 0 radical (unpaired) electrons. The van der Waals surface area contributed by atoms with Gasteiger partial charge in [0.15, 0.2) is 0 Å². The Bertz CT molecular complexity index is 175. The van der Waals surface area contributed by atoms with Gasteiger partial charge in [-0.25, -0.2) is 0 Å². The fourth-order valence-electron chi connectivity index (χ4n) is 1.68. The Balaban J connectivity index is 2.15. The molecule has 0 aliphatic heterocycles. The van der Waals surface area contributed by atoms with E-state index in [9.17, 15) is 4.79 Å². The SMILES string of the molecule is CCCCC(CC)C(=O)NCC1CC1. The summed E-state index contributed by atoms with van der Waals surface area (Å²) in [5, 5.41) is 3.07. The lowest BCUT2D eigenvalue weighted by Crippen LogP contribution is -2.31. The molecule has 1 aliphatic carbocycles. The van der Waals surface area contributed by atoms with E-state index in [1.54, 1.807) is 0 Å². The highest BCUT2D eigenvalue weighted by Gasteiger charge is 2.23. The van der Waals surface area contributed by atoms with Crippen LogP contribution in [-0.4, -0.2) is 12.5 Å². The zero-order valence-electron chi connectivity index (χ0n) is 9.51. The first-order valence-electron chi connectivity index (χ1n) is 6.05. The van der Waals surface area contributed by atoms with Crippen LogP contribution in [0.3, 0.4) is 0 Å². The lowest BCUT2D eigenvalue weighted by Gasteiger charge is -2.14. The summed E-state index contributed by atoms with van der Waals surface area (Å²) in [6.45, 7) is 5.20. The average molecular weight is 197 g/mol. The third kappa shape index (κ3) is 4.12. The van der Waals surface area contributed by atoms with Crippen molar-refractivity contribution in [1.82, 2.24) is 5.32 Å². The predicted molar refractivity (Wildman–Crippen MR) is 59.0 cm³/mol. The molecule has 14 heavy (non-hydrogen) atoms. The van der Waals surface area contributed by atoms with Crippen molar-refractivity contribution < 1.29 is 4.79 Å². The molecule has 2 heteroatoms. The summed E-state index contributed by atoms with van der Waals surface area (Å²) in [5.74, 6) is 1.34. The molecule has 1 rings (SSSR count). The molecule has 0 bridgehead atoms. The van der Waals surface area contributed by atoms with Crippen LogP contribution in [0.25, 0.3) is 0 Å². The van der Waals surface area contributed by atoms with Crippen molar-refractivity contribution in [2.24, 2.45) is 11.8 Å². The number of carbonyl (C=O) groups excluding carboxylic acids is 1. The largest absolute Gasteiger partial charge is 0.356 e. The van der Waals surface area contributed by atoms with Crippen LogP contribution in [0, 0.1) is 11.8 Å². The number of nitrogens with one attached hydrogen (secondary N) is 1. The summed E-state index contributed by atoms with van der Waals surface area (Å²) < 4.78 is 0. The Kier molecular flexibility index (Phi) is 4.99.